The summed E-state index contributed by atoms with van der Waals surface area (Å²) in [6.07, 6.45) is 3.80. The van der Waals surface area contributed by atoms with Gasteiger partial charge in [-0.15, -0.1) is 0 Å². The highest BCUT2D eigenvalue weighted by molar-refractivity contribution is 8.26. The SMILES string of the molecule is CC(=C/c1ccccc1)/C=C1/SC(=S)N(CC(=O)Nc2ccccc2)C1=O. The van der Waals surface area contributed by atoms with Crippen LogP contribution in [0.5, 0.6) is 0 Å². The van der Waals surface area contributed by atoms with Crippen molar-refractivity contribution in [2.24, 2.45) is 0 Å². The van der Waals surface area contributed by atoms with Crippen molar-refractivity contribution in [3.8, 4) is 0 Å². The van der Waals surface area contributed by atoms with Gasteiger partial charge in [0.25, 0.3) is 5.91 Å². The highest BCUT2D eigenvalue weighted by atomic mass is 32.2. The van der Waals surface area contributed by atoms with Gasteiger partial charge in [-0.25, -0.2) is 0 Å². The fourth-order valence-corrected chi connectivity index (χ4v) is 3.87. The van der Waals surface area contributed by atoms with Crippen LogP contribution in [0, 0.1) is 0 Å². The Morgan fingerprint density at radius 3 is 2.41 bits per heavy atom. The van der Waals surface area contributed by atoms with E-state index in [1.54, 1.807) is 18.2 Å². The Bertz CT molecular complexity index is 922. The van der Waals surface area contributed by atoms with Gasteiger partial charge < -0.3 is 5.32 Å². The minimum atomic E-state index is -0.282. The molecule has 136 valence electrons. The Morgan fingerprint density at radius 1 is 1.11 bits per heavy atom. The van der Waals surface area contributed by atoms with Crippen molar-refractivity contribution in [2.45, 2.75) is 6.92 Å². The molecule has 1 aliphatic rings. The molecule has 6 heteroatoms. The van der Waals surface area contributed by atoms with Gasteiger partial charge in [0.05, 0.1) is 4.91 Å². The molecule has 0 spiro atoms. The van der Waals surface area contributed by atoms with Crippen molar-refractivity contribution < 1.29 is 9.59 Å². The monoisotopic (exact) mass is 394 g/mol. The van der Waals surface area contributed by atoms with Gasteiger partial charge in [-0.3, -0.25) is 14.5 Å². The Balaban J connectivity index is 1.67. The van der Waals surface area contributed by atoms with E-state index < -0.39 is 0 Å². The van der Waals surface area contributed by atoms with E-state index in [0.717, 1.165) is 11.1 Å². The fraction of sp³-hybridized carbons (Fsp3) is 0.0952. The van der Waals surface area contributed by atoms with Gasteiger partial charge in [0.15, 0.2) is 0 Å². The molecule has 2 aromatic carbocycles. The van der Waals surface area contributed by atoms with E-state index >= 15 is 0 Å². The van der Waals surface area contributed by atoms with Gasteiger partial charge in [0, 0.05) is 5.69 Å². The van der Waals surface area contributed by atoms with Gasteiger partial charge in [0.2, 0.25) is 5.91 Å². The second kappa shape index (κ2) is 8.79. The molecule has 0 atom stereocenters. The molecule has 1 saturated heterocycles. The number of thioether (sulfide) groups is 1. The van der Waals surface area contributed by atoms with E-state index in [-0.39, 0.29) is 18.4 Å². The number of carbonyl (C=O) groups is 2. The third-order valence-electron chi connectivity index (χ3n) is 3.79. The number of nitrogens with one attached hydrogen (secondary N) is 1. The number of rotatable bonds is 5. The van der Waals surface area contributed by atoms with Crippen LogP contribution in [0.25, 0.3) is 6.08 Å². The molecule has 0 aromatic heterocycles. The van der Waals surface area contributed by atoms with Crippen LogP contribution >= 0.6 is 24.0 Å². The van der Waals surface area contributed by atoms with Crippen LogP contribution in [0.2, 0.25) is 0 Å². The number of carbonyl (C=O) groups excluding carboxylic acids is 2. The topological polar surface area (TPSA) is 49.4 Å². The molecule has 1 heterocycles. The highest BCUT2D eigenvalue weighted by Gasteiger charge is 2.33. The Hall–Kier alpha value is -2.70. The van der Waals surface area contributed by atoms with E-state index in [1.165, 1.54) is 16.7 Å². The molecule has 3 rings (SSSR count). The molecule has 0 unspecified atom stereocenters. The number of hydrogen-bond acceptors (Lipinski definition) is 4. The van der Waals surface area contributed by atoms with E-state index in [2.05, 4.69) is 5.32 Å². The highest BCUT2D eigenvalue weighted by Crippen LogP contribution is 2.32. The van der Waals surface area contributed by atoms with Crippen LogP contribution in [-0.2, 0) is 9.59 Å². The first-order valence-corrected chi connectivity index (χ1v) is 9.59. The van der Waals surface area contributed by atoms with Crippen LogP contribution in [-0.4, -0.2) is 27.6 Å². The molecule has 1 aliphatic heterocycles. The minimum Gasteiger partial charge on any atom is -0.325 e. The lowest BCUT2D eigenvalue weighted by molar-refractivity contribution is -0.126. The second-order valence-corrected chi connectivity index (χ2v) is 7.66. The molecular weight excluding hydrogens is 376 g/mol. The normalized spacial score (nSPS) is 16.1. The zero-order valence-electron chi connectivity index (χ0n) is 14.7. The molecule has 2 amide bonds. The summed E-state index contributed by atoms with van der Waals surface area (Å²) >= 11 is 6.50. The first-order chi connectivity index (χ1) is 13.0. The number of para-hydroxylation sites is 1. The summed E-state index contributed by atoms with van der Waals surface area (Å²) in [7, 11) is 0. The standard InChI is InChI=1S/C21H18N2O2S2/c1-15(12-16-8-4-2-5-9-16)13-18-20(25)23(21(26)27-18)14-19(24)22-17-10-6-3-7-11-17/h2-13H,14H2,1H3,(H,22,24)/b15-12-,18-13+. The lowest BCUT2D eigenvalue weighted by atomic mass is 10.1. The van der Waals surface area contributed by atoms with Crippen molar-refractivity contribution in [3.05, 3.63) is 82.8 Å². The molecule has 0 aliphatic carbocycles. The first-order valence-electron chi connectivity index (χ1n) is 8.36. The molecule has 0 saturated carbocycles. The van der Waals surface area contributed by atoms with Gasteiger partial charge in [-0.1, -0.05) is 78.6 Å². The van der Waals surface area contributed by atoms with Crippen molar-refractivity contribution in [1.82, 2.24) is 4.90 Å². The average Bonchev–Trinajstić information content (AvgIpc) is 2.90. The molecular formula is C21H18N2O2S2. The lowest BCUT2D eigenvalue weighted by Gasteiger charge is -2.14. The maximum absolute atomic E-state index is 12.6. The number of anilines is 1. The lowest BCUT2D eigenvalue weighted by Crippen LogP contribution is -2.36. The summed E-state index contributed by atoms with van der Waals surface area (Å²) in [6.45, 7) is 1.83. The van der Waals surface area contributed by atoms with Gasteiger partial charge in [0.1, 0.15) is 10.9 Å². The second-order valence-electron chi connectivity index (χ2n) is 5.98. The number of nitrogens with zero attached hydrogens (tertiary/aromatic N) is 1. The van der Waals surface area contributed by atoms with Crippen LogP contribution < -0.4 is 5.32 Å². The van der Waals surface area contributed by atoms with E-state index in [1.807, 2.05) is 61.5 Å². The Kier molecular flexibility index (Phi) is 6.21. The zero-order valence-corrected chi connectivity index (χ0v) is 16.3. The van der Waals surface area contributed by atoms with Gasteiger partial charge >= 0.3 is 0 Å². The van der Waals surface area contributed by atoms with Gasteiger partial charge in [-0.05, 0) is 36.3 Å². The van der Waals surface area contributed by atoms with Crippen molar-refractivity contribution in [3.63, 3.8) is 0 Å². The molecule has 2 aromatic rings. The molecule has 0 radical (unpaired) electrons. The molecule has 1 fully saturated rings. The fourth-order valence-electron chi connectivity index (χ4n) is 2.56. The summed E-state index contributed by atoms with van der Waals surface area (Å²) in [5.74, 6) is -0.524. The Labute approximate surface area is 168 Å². The quantitative estimate of drug-likeness (QED) is 0.600. The predicted octanol–water partition coefficient (Wildman–Crippen LogP) is 4.47. The number of hydrogen-bond donors (Lipinski definition) is 1. The maximum atomic E-state index is 12.6. The van der Waals surface area contributed by atoms with Crippen molar-refractivity contribution in [1.29, 1.82) is 0 Å². The molecule has 1 N–H and O–H groups in total. The average molecular weight is 395 g/mol. The van der Waals surface area contributed by atoms with Crippen molar-refractivity contribution >= 4 is 51.9 Å². The summed E-state index contributed by atoms with van der Waals surface area (Å²) in [5.41, 5.74) is 2.68. The predicted molar refractivity (Wildman–Crippen MR) is 115 cm³/mol. The number of benzene rings is 2. The largest absolute Gasteiger partial charge is 0.325 e. The van der Waals surface area contributed by atoms with E-state index in [4.69, 9.17) is 12.2 Å². The number of allylic oxidation sites excluding steroid dienone is 2. The summed E-state index contributed by atoms with van der Waals surface area (Å²) in [5, 5.41) is 2.77. The third-order valence-corrected chi connectivity index (χ3v) is 5.16. The smallest absolute Gasteiger partial charge is 0.266 e. The molecule has 4 nitrogen and oxygen atoms in total. The Morgan fingerprint density at radius 2 is 1.74 bits per heavy atom. The van der Waals surface area contributed by atoms with Crippen LogP contribution in [0.4, 0.5) is 5.69 Å². The minimum absolute atomic E-state index is 0.0989. The molecule has 0 bridgehead atoms. The zero-order chi connectivity index (χ0) is 19.2. The maximum Gasteiger partial charge on any atom is 0.266 e. The van der Waals surface area contributed by atoms with E-state index in [0.29, 0.717) is 14.9 Å². The molecule has 27 heavy (non-hydrogen) atoms. The van der Waals surface area contributed by atoms with Crippen molar-refractivity contribution in [2.75, 3.05) is 11.9 Å². The van der Waals surface area contributed by atoms with Crippen LogP contribution in [0.15, 0.2) is 77.2 Å². The number of amides is 2. The van der Waals surface area contributed by atoms with Crippen LogP contribution in [0.3, 0.4) is 0 Å². The van der Waals surface area contributed by atoms with Gasteiger partial charge in [-0.2, -0.15) is 0 Å². The number of thiocarbonyl (C=S) groups is 1. The van der Waals surface area contributed by atoms with E-state index in [9.17, 15) is 9.59 Å². The summed E-state index contributed by atoms with van der Waals surface area (Å²) in [6, 6.07) is 19.0. The summed E-state index contributed by atoms with van der Waals surface area (Å²) in [4.78, 5) is 26.7. The third kappa shape index (κ3) is 5.15. The summed E-state index contributed by atoms with van der Waals surface area (Å²) < 4.78 is 0.391. The first kappa shape index (κ1) is 19.1. The van der Waals surface area contributed by atoms with Crippen LogP contribution in [0.1, 0.15) is 12.5 Å².